The third-order valence-electron chi connectivity index (χ3n) is 20.2. The molecule has 0 unspecified atom stereocenters. The topological polar surface area (TPSA) is 60.2 Å². The number of hydrogen-bond donors (Lipinski definition) is 2. The summed E-state index contributed by atoms with van der Waals surface area (Å²) in [6.45, 7) is 0. The van der Waals surface area contributed by atoms with Crippen LogP contribution in [0.4, 0.5) is 0 Å². The molecule has 0 fully saturated rings. The fourth-order valence-electron chi connectivity index (χ4n) is 15.3. The quantitative estimate of drug-likeness (QED) is 0.134. The Kier molecular flexibility index (Phi) is 16.6. The largest absolute Gasteiger partial charge is 0.488 e. The van der Waals surface area contributed by atoms with E-state index in [0.29, 0.717) is 5.46 Å². The minimum Gasteiger partial charge on any atom is -0.423 e. The molecule has 0 aliphatic heterocycles. The van der Waals surface area contributed by atoms with Gasteiger partial charge < -0.3 is 28.3 Å². The van der Waals surface area contributed by atoms with Crippen LogP contribution in [0.3, 0.4) is 0 Å². The molecule has 0 atom stereocenters. The van der Waals surface area contributed by atoms with Gasteiger partial charge in [0.2, 0.25) is 0 Å². The Morgan fingerprint density at radius 3 is 0.740 bits per heavy atom. The van der Waals surface area contributed by atoms with Gasteiger partial charge >= 0.3 is 7.12 Å². The monoisotopic (exact) mass is 1400 g/mol. The maximum atomic E-state index is 9.59. The van der Waals surface area contributed by atoms with E-state index in [0.717, 1.165) is 48.9 Å². The molecule has 20 rings (SSSR count). The van der Waals surface area contributed by atoms with Gasteiger partial charge in [0, 0.05) is 70.3 Å². The predicted octanol–water partition coefficient (Wildman–Crippen LogP) is 24.2. The Hall–Kier alpha value is -12.8. The second kappa shape index (κ2) is 27.3. The third kappa shape index (κ3) is 11.7. The van der Waals surface area contributed by atoms with E-state index in [2.05, 4.69) is 374 Å². The van der Waals surface area contributed by atoms with Crippen molar-refractivity contribution < 1.29 is 10.0 Å². The van der Waals surface area contributed by atoms with Gasteiger partial charge in [-0.3, -0.25) is 0 Å². The van der Waals surface area contributed by atoms with Crippen molar-refractivity contribution in [2.45, 2.75) is 0 Å². The van der Waals surface area contributed by atoms with Crippen molar-refractivity contribution in [3.05, 3.63) is 393 Å². The highest BCUT2D eigenvalue weighted by atomic mass is 79.9. The van der Waals surface area contributed by atoms with E-state index in [1.54, 1.807) is 6.07 Å². The first-order valence-electron chi connectivity index (χ1n) is 35.1. The van der Waals surface area contributed by atoms with Crippen LogP contribution < -0.4 is 5.46 Å². The van der Waals surface area contributed by atoms with E-state index in [4.69, 9.17) is 0 Å². The second-order valence-corrected chi connectivity index (χ2v) is 27.3. The van der Waals surface area contributed by atoms with Crippen LogP contribution in [0.25, 0.3) is 166 Å². The lowest BCUT2D eigenvalue weighted by atomic mass is 9.80. The van der Waals surface area contributed by atoms with Crippen LogP contribution in [0.15, 0.2) is 393 Å². The average Bonchev–Trinajstić information content (AvgIpc) is 1.60. The number of hydrogen-bond acceptors (Lipinski definition) is 2. The Morgan fingerprint density at radius 2 is 0.423 bits per heavy atom. The van der Waals surface area contributed by atoms with Gasteiger partial charge in [-0.15, -0.1) is 0 Å². The SMILES string of the molecule is Brc1ccc2c(c1)c1ccccc1n2-c1cccc(-c2ccccc2)c1.OB(O)c1ccc2c(c1)c1ccccc1n2-c1cccc(-c2ccccc2)c1.c1ccc(-c2cccc(-n3c4ccccc4c4cc(-c5ccc6c(c5)c5ccccc5n6-c5cccc(-c6ccccc6)c5)ccc43)c2)cc1. The molecule has 2 N–H and O–H groups in total. The number of para-hydroxylation sites is 4. The zero-order chi connectivity index (χ0) is 69.6. The van der Waals surface area contributed by atoms with Crippen LogP contribution in [0.1, 0.15) is 0 Å². The molecule has 0 spiro atoms. The minimum absolute atomic E-state index is 0.494. The fraction of sp³-hybridized carbons (Fsp3) is 0. The maximum Gasteiger partial charge on any atom is 0.488 e. The third-order valence-corrected chi connectivity index (χ3v) is 20.6. The van der Waals surface area contributed by atoms with Gasteiger partial charge in [-0.2, -0.15) is 0 Å². The van der Waals surface area contributed by atoms with Crippen molar-refractivity contribution in [3.8, 4) is 78.4 Å². The molecule has 0 radical (unpaired) electrons. The number of aromatic nitrogens is 4. The van der Waals surface area contributed by atoms with Gasteiger partial charge in [-0.25, -0.2) is 0 Å². The predicted molar refractivity (Wildman–Crippen MR) is 441 cm³/mol. The Morgan fingerprint density at radius 1 is 0.183 bits per heavy atom. The van der Waals surface area contributed by atoms with Gasteiger partial charge in [-0.05, 0) is 182 Å². The molecule has 16 aromatic carbocycles. The molecular weight excluding hydrogens is 1330 g/mol. The van der Waals surface area contributed by atoms with Crippen LogP contribution in [0, 0.1) is 0 Å². The van der Waals surface area contributed by atoms with E-state index in [1.165, 1.54) is 121 Å². The first kappa shape index (κ1) is 63.4. The van der Waals surface area contributed by atoms with Gasteiger partial charge in [0.25, 0.3) is 0 Å². The second-order valence-electron chi connectivity index (χ2n) is 26.4. The minimum atomic E-state index is -1.48. The van der Waals surface area contributed by atoms with Crippen LogP contribution >= 0.6 is 15.9 Å². The van der Waals surface area contributed by atoms with Crippen molar-refractivity contribution in [2.75, 3.05) is 0 Å². The van der Waals surface area contributed by atoms with Crippen LogP contribution in [-0.4, -0.2) is 35.4 Å². The van der Waals surface area contributed by atoms with Crippen LogP contribution in [-0.2, 0) is 0 Å². The van der Waals surface area contributed by atoms with Crippen LogP contribution in [0.5, 0.6) is 0 Å². The first-order valence-corrected chi connectivity index (χ1v) is 35.9. The lowest BCUT2D eigenvalue weighted by Crippen LogP contribution is -2.29. The summed E-state index contributed by atoms with van der Waals surface area (Å²) in [6.07, 6.45) is 0. The molecule has 0 saturated carbocycles. The number of rotatable bonds is 10. The highest BCUT2D eigenvalue weighted by Gasteiger charge is 2.21. The van der Waals surface area contributed by atoms with E-state index in [-0.39, 0.29) is 0 Å². The summed E-state index contributed by atoms with van der Waals surface area (Å²) in [5, 5.41) is 28.8. The van der Waals surface area contributed by atoms with Crippen molar-refractivity contribution in [2.24, 2.45) is 0 Å². The molecule has 104 heavy (non-hydrogen) atoms. The fourth-order valence-corrected chi connectivity index (χ4v) is 15.7. The molecule has 492 valence electrons. The standard InChI is InChI=1S/C48H32N2.C24H18BNO2.C24H16BrN/c1-3-13-33(14-4-1)35-17-11-19-39(29-35)49-45-23-9-7-21-41(45)43-31-37(25-27-47(43)49)38-26-28-48-44(32-38)42-22-8-10-24-46(42)50(48)40-20-12-18-36(30-40)34-15-5-2-6-16-34;27-25(28)19-13-14-24-22(16-19)21-11-4-5-12-23(21)26(24)20-10-6-9-18(15-20)17-7-2-1-3-8-17;25-19-13-14-24-22(16-19)21-11-4-5-12-23(21)26(24)20-10-6-9-18(15-20)17-7-2-1-3-8-17/h1-32H;1-16,27-28H;1-16H. The average molecular weight is 1400 g/mol. The highest BCUT2D eigenvalue weighted by Crippen LogP contribution is 2.41. The lowest BCUT2D eigenvalue weighted by Gasteiger charge is -2.11. The van der Waals surface area contributed by atoms with E-state index >= 15 is 0 Å². The molecule has 4 aromatic heterocycles. The molecule has 0 aliphatic carbocycles. The summed E-state index contributed by atoms with van der Waals surface area (Å²) < 4.78 is 10.5. The smallest absolute Gasteiger partial charge is 0.423 e. The summed E-state index contributed by atoms with van der Waals surface area (Å²) in [7, 11) is -1.48. The zero-order valence-electron chi connectivity index (χ0n) is 56.6. The molecule has 4 heterocycles. The maximum absolute atomic E-state index is 9.59. The molecule has 0 aliphatic rings. The van der Waals surface area contributed by atoms with Gasteiger partial charge in [0.05, 0.1) is 44.1 Å². The van der Waals surface area contributed by atoms with Gasteiger partial charge in [-0.1, -0.05) is 283 Å². The van der Waals surface area contributed by atoms with Gasteiger partial charge in [0.15, 0.2) is 0 Å². The lowest BCUT2D eigenvalue weighted by molar-refractivity contribution is 0.426. The zero-order valence-corrected chi connectivity index (χ0v) is 58.2. The summed E-state index contributed by atoms with van der Waals surface area (Å²) in [4.78, 5) is 0. The molecule has 20 aromatic rings. The summed E-state index contributed by atoms with van der Waals surface area (Å²) in [6, 6.07) is 137. The van der Waals surface area contributed by atoms with Crippen molar-refractivity contribution in [1.82, 2.24) is 18.3 Å². The number of fused-ring (bicyclic) bond motifs is 12. The van der Waals surface area contributed by atoms with Crippen molar-refractivity contribution in [3.63, 3.8) is 0 Å². The van der Waals surface area contributed by atoms with E-state index in [1.807, 2.05) is 42.5 Å². The Bertz CT molecular complexity index is 6400. The van der Waals surface area contributed by atoms with E-state index in [9.17, 15) is 10.0 Å². The van der Waals surface area contributed by atoms with Gasteiger partial charge in [0.1, 0.15) is 0 Å². The summed E-state index contributed by atoms with van der Waals surface area (Å²) in [5.41, 5.74) is 26.6. The highest BCUT2D eigenvalue weighted by molar-refractivity contribution is 9.10. The first-order chi connectivity index (χ1) is 51.3. The summed E-state index contributed by atoms with van der Waals surface area (Å²) >= 11 is 3.62. The van der Waals surface area contributed by atoms with Crippen LogP contribution in [0.2, 0.25) is 0 Å². The van der Waals surface area contributed by atoms with Crippen molar-refractivity contribution >= 4 is 116 Å². The Balaban J connectivity index is 0.000000121. The number of halogens is 1. The molecular formula is C96H66BBrN4O2. The molecule has 6 nitrogen and oxygen atoms in total. The normalized spacial score (nSPS) is 11.4. The molecule has 0 amide bonds. The number of benzene rings is 16. The molecule has 0 saturated heterocycles. The molecule has 8 heteroatoms. The van der Waals surface area contributed by atoms with Crippen molar-refractivity contribution in [1.29, 1.82) is 0 Å². The molecule has 0 bridgehead atoms. The Labute approximate surface area is 611 Å². The van der Waals surface area contributed by atoms with E-state index < -0.39 is 7.12 Å². The number of nitrogens with zero attached hydrogens (tertiary/aromatic N) is 4. The summed E-state index contributed by atoms with van der Waals surface area (Å²) in [5.74, 6) is 0.